The molecule has 0 aliphatic heterocycles. The number of nitrogens with one attached hydrogen (secondary N) is 1. The van der Waals surface area contributed by atoms with Crippen LogP contribution in [0.2, 0.25) is 0 Å². The highest BCUT2D eigenvalue weighted by molar-refractivity contribution is 7.99. The van der Waals surface area contributed by atoms with Crippen LogP contribution < -0.4 is 10.1 Å². The van der Waals surface area contributed by atoms with Gasteiger partial charge in [0.1, 0.15) is 0 Å². The number of ether oxygens (including phenoxy) is 1. The van der Waals surface area contributed by atoms with Crippen molar-refractivity contribution < 1.29 is 4.74 Å². The molecule has 94 valence electrons. The summed E-state index contributed by atoms with van der Waals surface area (Å²) in [7, 11) is 1.63. The molecule has 0 spiro atoms. The highest BCUT2D eigenvalue weighted by Crippen LogP contribution is 2.30. The molecule has 1 saturated carbocycles. The first-order chi connectivity index (χ1) is 8.22. The summed E-state index contributed by atoms with van der Waals surface area (Å²) in [5, 5.41) is 4.11. The average Bonchev–Trinajstić information content (AvgIpc) is 2.75. The summed E-state index contributed by atoms with van der Waals surface area (Å²) >= 11 is 1.92. The predicted octanol–water partition coefficient (Wildman–Crippen LogP) is 2.49. The van der Waals surface area contributed by atoms with E-state index in [-0.39, 0.29) is 0 Å². The number of nitrogens with zero attached hydrogens (tertiary/aromatic N) is 2. The fourth-order valence-corrected chi connectivity index (χ4v) is 3.18. The van der Waals surface area contributed by atoms with Gasteiger partial charge >= 0.3 is 0 Å². The summed E-state index contributed by atoms with van der Waals surface area (Å²) in [4.78, 5) is 8.73. The Morgan fingerprint density at radius 1 is 1.41 bits per heavy atom. The molecule has 1 aromatic heterocycles. The van der Waals surface area contributed by atoms with E-state index in [0.717, 1.165) is 5.69 Å². The Hall–Kier alpha value is -0.970. The van der Waals surface area contributed by atoms with E-state index in [1.165, 1.54) is 19.3 Å². The van der Waals surface area contributed by atoms with E-state index in [4.69, 9.17) is 4.74 Å². The van der Waals surface area contributed by atoms with Crippen LogP contribution in [0.3, 0.4) is 0 Å². The van der Waals surface area contributed by atoms with Crippen molar-refractivity contribution in [2.45, 2.75) is 37.5 Å². The molecule has 0 amide bonds. The average molecular weight is 253 g/mol. The molecule has 2 atom stereocenters. The second-order valence-corrected chi connectivity index (χ2v) is 5.41. The summed E-state index contributed by atoms with van der Waals surface area (Å²) in [6, 6.07) is 2.32. The van der Waals surface area contributed by atoms with Gasteiger partial charge in [-0.05, 0) is 26.0 Å². The van der Waals surface area contributed by atoms with Gasteiger partial charge in [-0.1, -0.05) is 6.42 Å². The van der Waals surface area contributed by atoms with Crippen LogP contribution in [0.15, 0.2) is 6.07 Å². The quantitative estimate of drug-likeness (QED) is 0.893. The monoisotopic (exact) mass is 253 g/mol. The van der Waals surface area contributed by atoms with Gasteiger partial charge in [0.15, 0.2) is 0 Å². The molecular weight excluding hydrogens is 234 g/mol. The van der Waals surface area contributed by atoms with Crippen LogP contribution >= 0.6 is 11.8 Å². The van der Waals surface area contributed by atoms with Gasteiger partial charge in [0, 0.05) is 23.1 Å². The minimum Gasteiger partial charge on any atom is -0.481 e. The lowest BCUT2D eigenvalue weighted by Gasteiger charge is -2.19. The third-order valence-electron chi connectivity index (χ3n) is 3.11. The second kappa shape index (κ2) is 5.58. The smallest absolute Gasteiger partial charge is 0.226 e. The highest BCUT2D eigenvalue weighted by atomic mass is 32.2. The molecule has 0 aromatic carbocycles. The van der Waals surface area contributed by atoms with Crippen molar-refractivity contribution >= 4 is 17.7 Å². The third kappa shape index (κ3) is 3.03. The first-order valence-corrected chi connectivity index (χ1v) is 7.20. The van der Waals surface area contributed by atoms with Crippen LogP contribution in [0, 0.1) is 6.92 Å². The zero-order valence-corrected chi connectivity index (χ0v) is 11.4. The summed E-state index contributed by atoms with van der Waals surface area (Å²) < 4.78 is 5.16. The van der Waals surface area contributed by atoms with Gasteiger partial charge in [-0.2, -0.15) is 16.7 Å². The van der Waals surface area contributed by atoms with Crippen molar-refractivity contribution in [2.75, 3.05) is 18.7 Å². The lowest BCUT2D eigenvalue weighted by molar-refractivity contribution is 0.397. The first-order valence-electron chi connectivity index (χ1n) is 5.92. The number of rotatable bonds is 4. The molecular formula is C12H19N3OS. The molecule has 0 bridgehead atoms. The molecule has 4 nitrogen and oxygen atoms in total. The van der Waals surface area contributed by atoms with E-state index in [1.807, 2.05) is 24.8 Å². The van der Waals surface area contributed by atoms with E-state index in [1.54, 1.807) is 7.11 Å². The lowest BCUT2D eigenvalue weighted by atomic mass is 10.2. The maximum absolute atomic E-state index is 5.16. The minimum atomic E-state index is 0.483. The van der Waals surface area contributed by atoms with Crippen LogP contribution in [0.5, 0.6) is 5.88 Å². The van der Waals surface area contributed by atoms with Crippen LogP contribution in [-0.4, -0.2) is 34.6 Å². The zero-order chi connectivity index (χ0) is 12.3. The van der Waals surface area contributed by atoms with Crippen LogP contribution in [0.1, 0.15) is 25.0 Å². The standard InChI is InChI=1S/C12H19N3OS/c1-8-7-11(16-2)15-12(13-8)14-9-5-4-6-10(9)17-3/h7,9-10H,4-6H2,1-3H3,(H,13,14,15). The van der Waals surface area contributed by atoms with Crippen molar-refractivity contribution in [3.8, 4) is 5.88 Å². The maximum Gasteiger partial charge on any atom is 0.226 e. The van der Waals surface area contributed by atoms with Crippen molar-refractivity contribution in [3.63, 3.8) is 0 Å². The number of hydrogen-bond acceptors (Lipinski definition) is 5. The topological polar surface area (TPSA) is 47.0 Å². The van der Waals surface area contributed by atoms with Crippen molar-refractivity contribution in [2.24, 2.45) is 0 Å². The van der Waals surface area contributed by atoms with Crippen molar-refractivity contribution in [3.05, 3.63) is 11.8 Å². The lowest BCUT2D eigenvalue weighted by Crippen LogP contribution is -2.26. The summed E-state index contributed by atoms with van der Waals surface area (Å²) in [5.74, 6) is 1.31. The van der Waals surface area contributed by atoms with Crippen LogP contribution in [-0.2, 0) is 0 Å². The second-order valence-electron chi connectivity index (χ2n) is 4.33. The van der Waals surface area contributed by atoms with Gasteiger partial charge in [-0.25, -0.2) is 4.98 Å². The minimum absolute atomic E-state index is 0.483. The number of thioether (sulfide) groups is 1. The van der Waals surface area contributed by atoms with E-state index in [9.17, 15) is 0 Å². The Bertz CT molecular complexity index is 386. The molecule has 1 aliphatic carbocycles. The Balaban J connectivity index is 2.09. The van der Waals surface area contributed by atoms with Crippen molar-refractivity contribution in [1.82, 2.24) is 9.97 Å². The van der Waals surface area contributed by atoms with Gasteiger partial charge in [0.25, 0.3) is 0 Å². The van der Waals surface area contributed by atoms with Gasteiger partial charge in [-0.3, -0.25) is 0 Å². The normalized spacial score (nSPS) is 23.7. The number of anilines is 1. The Labute approximate surface area is 107 Å². The van der Waals surface area contributed by atoms with Crippen LogP contribution in [0.4, 0.5) is 5.95 Å². The van der Waals surface area contributed by atoms with E-state index in [2.05, 4.69) is 21.5 Å². The molecule has 5 heteroatoms. The fraction of sp³-hybridized carbons (Fsp3) is 0.667. The number of hydrogen-bond donors (Lipinski definition) is 1. The SMILES string of the molecule is COc1cc(C)nc(NC2CCCC2SC)n1. The molecule has 1 N–H and O–H groups in total. The first kappa shape index (κ1) is 12.5. The molecule has 0 saturated heterocycles. The maximum atomic E-state index is 5.16. The van der Waals surface area contributed by atoms with E-state index >= 15 is 0 Å². The molecule has 1 fully saturated rings. The predicted molar refractivity (Wildman–Crippen MR) is 71.9 cm³/mol. The van der Waals surface area contributed by atoms with Gasteiger partial charge < -0.3 is 10.1 Å². The molecule has 2 unspecified atom stereocenters. The number of aryl methyl sites for hydroxylation is 1. The molecule has 1 aliphatic rings. The van der Waals surface area contributed by atoms with E-state index < -0.39 is 0 Å². The molecule has 2 rings (SSSR count). The Morgan fingerprint density at radius 2 is 2.24 bits per heavy atom. The summed E-state index contributed by atoms with van der Waals surface area (Å²) in [6.07, 6.45) is 5.93. The molecule has 1 aromatic rings. The third-order valence-corrected chi connectivity index (χ3v) is 4.28. The van der Waals surface area contributed by atoms with E-state index in [0.29, 0.717) is 23.1 Å². The summed E-state index contributed by atoms with van der Waals surface area (Å²) in [6.45, 7) is 1.95. The van der Waals surface area contributed by atoms with Gasteiger partial charge in [0.05, 0.1) is 7.11 Å². The summed E-state index contributed by atoms with van der Waals surface area (Å²) in [5.41, 5.74) is 0.929. The highest BCUT2D eigenvalue weighted by Gasteiger charge is 2.27. The van der Waals surface area contributed by atoms with Gasteiger partial charge in [0.2, 0.25) is 11.8 Å². The largest absolute Gasteiger partial charge is 0.481 e. The number of methoxy groups -OCH3 is 1. The van der Waals surface area contributed by atoms with Crippen LogP contribution in [0.25, 0.3) is 0 Å². The fourth-order valence-electron chi connectivity index (χ4n) is 2.25. The Morgan fingerprint density at radius 3 is 2.94 bits per heavy atom. The van der Waals surface area contributed by atoms with Crippen molar-refractivity contribution in [1.29, 1.82) is 0 Å². The zero-order valence-electron chi connectivity index (χ0n) is 10.6. The Kier molecular flexibility index (Phi) is 4.10. The number of aromatic nitrogens is 2. The van der Waals surface area contributed by atoms with Gasteiger partial charge in [-0.15, -0.1) is 0 Å². The molecule has 17 heavy (non-hydrogen) atoms. The molecule has 1 heterocycles. The molecule has 0 radical (unpaired) electrons.